The number of anilines is 3. The molecule has 276 valence electrons. The van der Waals surface area contributed by atoms with Gasteiger partial charge in [0.25, 0.3) is 0 Å². The molecule has 6 aliphatic rings. The lowest BCUT2D eigenvalue weighted by molar-refractivity contribution is 0.0557. The van der Waals surface area contributed by atoms with E-state index in [1.165, 1.54) is 114 Å². The Balaban J connectivity index is 1.06. The van der Waals surface area contributed by atoms with Crippen LogP contribution < -0.4 is 4.90 Å². The summed E-state index contributed by atoms with van der Waals surface area (Å²) >= 11 is 0. The quantitative estimate of drug-likeness (QED) is 0.179. The first-order valence-corrected chi connectivity index (χ1v) is 21.9. The van der Waals surface area contributed by atoms with Crippen molar-refractivity contribution in [3.05, 3.63) is 150 Å². The number of nitrogens with zero attached hydrogens (tertiary/aromatic N) is 1. The molecule has 4 bridgehead atoms. The Morgan fingerprint density at radius 3 is 2.16 bits per heavy atom. The second-order valence-electron chi connectivity index (χ2n) is 18.6. The van der Waals surface area contributed by atoms with Gasteiger partial charge in [-0.3, -0.25) is 0 Å². The van der Waals surface area contributed by atoms with Gasteiger partial charge in [-0.1, -0.05) is 118 Å². The first-order valence-electron chi connectivity index (χ1n) is 21.9. The molecule has 0 N–H and O–H groups in total. The van der Waals surface area contributed by atoms with Crippen LogP contribution in [-0.2, 0) is 10.8 Å². The largest absolute Gasteiger partial charge is 0.456 e. The molecule has 4 fully saturated rings. The molecule has 13 rings (SSSR count). The molecule has 7 unspecified atom stereocenters. The van der Waals surface area contributed by atoms with Crippen molar-refractivity contribution in [2.75, 3.05) is 4.90 Å². The average molecular weight is 728 g/mol. The summed E-state index contributed by atoms with van der Waals surface area (Å²) in [5.74, 6) is 3.84. The van der Waals surface area contributed by atoms with Crippen molar-refractivity contribution in [1.29, 1.82) is 0 Å². The Morgan fingerprint density at radius 1 is 0.571 bits per heavy atom. The molecule has 7 aromatic rings. The molecule has 0 saturated heterocycles. The van der Waals surface area contributed by atoms with E-state index in [1.54, 1.807) is 22.3 Å². The third-order valence-corrected chi connectivity index (χ3v) is 16.5. The summed E-state index contributed by atoms with van der Waals surface area (Å²) in [7, 11) is 0. The van der Waals surface area contributed by atoms with Crippen LogP contribution in [-0.4, -0.2) is 0 Å². The van der Waals surface area contributed by atoms with E-state index < -0.39 is 0 Å². The van der Waals surface area contributed by atoms with Crippen molar-refractivity contribution in [3.63, 3.8) is 0 Å². The highest BCUT2D eigenvalue weighted by molar-refractivity contribution is 6.13. The van der Waals surface area contributed by atoms with Crippen molar-refractivity contribution in [1.82, 2.24) is 0 Å². The van der Waals surface area contributed by atoms with Gasteiger partial charge in [0.2, 0.25) is 0 Å². The molecular weight excluding hydrogens is 679 g/mol. The summed E-state index contributed by atoms with van der Waals surface area (Å²) in [5, 5.41) is 2.36. The Bertz CT molecular complexity index is 2750. The van der Waals surface area contributed by atoms with E-state index in [1.807, 2.05) is 0 Å². The second kappa shape index (κ2) is 11.5. The minimum Gasteiger partial charge on any atom is -0.456 e. The van der Waals surface area contributed by atoms with Crippen molar-refractivity contribution in [3.8, 4) is 22.3 Å². The lowest BCUT2D eigenvalue weighted by Gasteiger charge is -2.54. The maximum atomic E-state index is 6.57. The zero-order valence-corrected chi connectivity index (χ0v) is 32.4. The molecule has 7 atom stereocenters. The number of para-hydroxylation sites is 1. The molecule has 2 spiro atoms. The molecule has 1 aromatic heterocycles. The smallest absolute Gasteiger partial charge is 0.137 e. The number of benzene rings is 6. The molecule has 0 aliphatic heterocycles. The predicted octanol–water partition coefficient (Wildman–Crippen LogP) is 14.6. The fourth-order valence-electron chi connectivity index (χ4n) is 14.6. The maximum Gasteiger partial charge on any atom is 0.137 e. The van der Waals surface area contributed by atoms with Crippen LogP contribution in [0.25, 0.3) is 44.2 Å². The maximum absolute atomic E-state index is 6.57. The van der Waals surface area contributed by atoms with Gasteiger partial charge < -0.3 is 9.32 Å². The molecule has 56 heavy (non-hydrogen) atoms. The molecule has 2 heteroatoms. The number of rotatable bonds is 4. The highest BCUT2D eigenvalue weighted by Gasteiger charge is 2.58. The lowest BCUT2D eigenvalue weighted by Crippen LogP contribution is -2.48. The number of hydrogen-bond acceptors (Lipinski definition) is 2. The lowest BCUT2D eigenvalue weighted by atomic mass is 9.50. The van der Waals surface area contributed by atoms with Crippen molar-refractivity contribution in [2.45, 2.75) is 82.0 Å². The SMILES string of the molecule is CCC1CC2CCCC(C2)C12c1ccccc1-c1cc(N(c3ccc4c(c3)C3(CC5CCC3C5)c3ccccc3-4)c3cccc4oc5ccccc5c34)ccc12. The van der Waals surface area contributed by atoms with E-state index in [2.05, 4.69) is 139 Å². The van der Waals surface area contributed by atoms with Crippen LogP contribution >= 0.6 is 0 Å². The first kappa shape index (κ1) is 32.1. The summed E-state index contributed by atoms with van der Waals surface area (Å²) in [6.45, 7) is 2.47. The topological polar surface area (TPSA) is 16.4 Å². The second-order valence-corrected chi connectivity index (χ2v) is 18.6. The standard InChI is InChI=1S/C54H49NO/c1-2-35-27-33-11-9-12-37(28-33)54(35)46-17-7-4-14-41(46)44-30-38(24-26-47(44)54)55(49-18-10-20-51-52(49)43-15-5-8-19-50(43)56-51)39-23-25-42-40-13-3-6-16-45(40)53(48(42)31-39)32-34-21-22-36(53)29-34/h3-8,10,13-20,23-26,30-31,33-37H,2,9,11-12,21-22,27-29,32H2,1H3. The molecular formula is C54H49NO. The third kappa shape index (κ3) is 3.98. The molecule has 6 aromatic carbocycles. The van der Waals surface area contributed by atoms with Gasteiger partial charge in [-0.05, 0) is 155 Å². The third-order valence-electron chi connectivity index (χ3n) is 16.5. The first-order chi connectivity index (χ1) is 27.7. The van der Waals surface area contributed by atoms with Crippen molar-refractivity contribution >= 4 is 39.0 Å². The van der Waals surface area contributed by atoms with Crippen LogP contribution in [0.15, 0.2) is 132 Å². The molecule has 0 radical (unpaired) electrons. The number of furan rings is 1. The van der Waals surface area contributed by atoms with E-state index in [-0.39, 0.29) is 10.8 Å². The normalized spacial score (nSPS) is 28.9. The van der Waals surface area contributed by atoms with Gasteiger partial charge in [0.15, 0.2) is 0 Å². The zero-order chi connectivity index (χ0) is 36.8. The van der Waals surface area contributed by atoms with Gasteiger partial charge >= 0.3 is 0 Å². The predicted molar refractivity (Wildman–Crippen MR) is 230 cm³/mol. The van der Waals surface area contributed by atoms with Gasteiger partial charge in [0.05, 0.1) is 11.1 Å². The molecule has 6 aliphatic carbocycles. The summed E-state index contributed by atoms with van der Waals surface area (Å²) in [6, 6.07) is 49.4. The van der Waals surface area contributed by atoms with Crippen LogP contribution in [0, 0.1) is 29.6 Å². The van der Waals surface area contributed by atoms with E-state index in [0.717, 1.165) is 23.0 Å². The van der Waals surface area contributed by atoms with Crippen LogP contribution in [0.4, 0.5) is 17.1 Å². The molecule has 1 heterocycles. The Labute approximate surface area is 330 Å². The zero-order valence-electron chi connectivity index (χ0n) is 32.4. The summed E-state index contributed by atoms with van der Waals surface area (Å²) in [4.78, 5) is 2.59. The van der Waals surface area contributed by atoms with Crippen LogP contribution in [0.1, 0.15) is 93.4 Å². The summed E-state index contributed by atoms with van der Waals surface area (Å²) in [5.41, 5.74) is 17.9. The summed E-state index contributed by atoms with van der Waals surface area (Å²) < 4.78 is 6.57. The fourth-order valence-corrected chi connectivity index (χ4v) is 14.6. The number of hydrogen-bond donors (Lipinski definition) is 0. The van der Waals surface area contributed by atoms with Gasteiger partial charge in [0.1, 0.15) is 11.2 Å². The fraction of sp³-hybridized carbons (Fsp3) is 0.333. The average Bonchev–Trinajstić information content (AvgIpc) is 4.07. The molecule has 2 nitrogen and oxygen atoms in total. The van der Waals surface area contributed by atoms with Crippen molar-refractivity contribution < 1.29 is 4.42 Å². The highest BCUT2D eigenvalue weighted by Crippen LogP contribution is 2.67. The molecule has 4 saturated carbocycles. The van der Waals surface area contributed by atoms with Gasteiger partial charge in [-0.2, -0.15) is 0 Å². The van der Waals surface area contributed by atoms with E-state index in [4.69, 9.17) is 4.42 Å². The van der Waals surface area contributed by atoms with Crippen LogP contribution in [0.3, 0.4) is 0 Å². The van der Waals surface area contributed by atoms with Gasteiger partial charge in [-0.15, -0.1) is 0 Å². The van der Waals surface area contributed by atoms with Gasteiger partial charge in [0, 0.05) is 27.6 Å². The Hall–Kier alpha value is -5.08. The highest BCUT2D eigenvalue weighted by atomic mass is 16.3. The minimum atomic E-state index is 0.106. The molecule has 0 amide bonds. The van der Waals surface area contributed by atoms with Crippen LogP contribution in [0.5, 0.6) is 0 Å². The van der Waals surface area contributed by atoms with Crippen molar-refractivity contribution in [2.24, 2.45) is 29.6 Å². The Kier molecular flexibility index (Phi) is 6.58. The Morgan fingerprint density at radius 2 is 1.30 bits per heavy atom. The van der Waals surface area contributed by atoms with Crippen LogP contribution in [0.2, 0.25) is 0 Å². The minimum absolute atomic E-state index is 0.106. The monoisotopic (exact) mass is 727 g/mol. The number of fused-ring (bicyclic) bond motifs is 19. The van der Waals surface area contributed by atoms with E-state index >= 15 is 0 Å². The van der Waals surface area contributed by atoms with E-state index in [9.17, 15) is 0 Å². The van der Waals surface area contributed by atoms with E-state index in [0.29, 0.717) is 17.8 Å². The van der Waals surface area contributed by atoms with Gasteiger partial charge in [-0.25, -0.2) is 0 Å². The summed E-state index contributed by atoms with van der Waals surface area (Å²) in [6.07, 6.45) is 13.5.